The van der Waals surface area contributed by atoms with Crippen LogP contribution in [-0.2, 0) is 16.4 Å². The molecule has 0 aromatic heterocycles. The molecule has 1 aromatic rings. The maximum absolute atomic E-state index is 13.9. The van der Waals surface area contributed by atoms with E-state index in [1.807, 2.05) is 0 Å². The predicted molar refractivity (Wildman–Crippen MR) is 85.1 cm³/mol. The van der Waals surface area contributed by atoms with Crippen molar-refractivity contribution < 1.29 is 17.2 Å². The second-order valence-electron chi connectivity index (χ2n) is 5.27. The van der Waals surface area contributed by atoms with Gasteiger partial charge >= 0.3 is 0 Å². The average molecular weight is 375 g/mol. The zero-order valence-electron chi connectivity index (χ0n) is 11.6. The van der Waals surface area contributed by atoms with Crippen LogP contribution >= 0.6 is 24.0 Å². The lowest BCUT2D eigenvalue weighted by Crippen LogP contribution is -2.32. The fourth-order valence-corrected chi connectivity index (χ4v) is 3.46. The topological polar surface area (TPSA) is 72.2 Å². The van der Waals surface area contributed by atoms with Crippen LogP contribution in [0.4, 0.5) is 8.78 Å². The summed E-state index contributed by atoms with van der Waals surface area (Å²) in [6, 6.07) is 4.32. The Morgan fingerprint density at radius 3 is 2.73 bits per heavy atom. The number of benzene rings is 1. The van der Waals surface area contributed by atoms with E-state index in [9.17, 15) is 17.2 Å². The first-order valence-electron chi connectivity index (χ1n) is 6.59. The molecule has 3 atom stereocenters. The molecular weight excluding hydrogens is 357 g/mol. The Hall–Kier alpha value is -0.470. The minimum absolute atomic E-state index is 0. The van der Waals surface area contributed by atoms with Gasteiger partial charge in [-0.2, -0.15) is 0 Å². The summed E-state index contributed by atoms with van der Waals surface area (Å²) in [7, 11) is -3.64. The number of nitrogens with two attached hydrogens (primary N) is 1. The second-order valence-corrected chi connectivity index (χ2v) is 7.41. The van der Waals surface area contributed by atoms with Gasteiger partial charge in [-0.1, -0.05) is 23.7 Å². The summed E-state index contributed by atoms with van der Waals surface area (Å²) in [5.41, 5.74) is 0.384. The molecule has 1 aromatic carbocycles. The molecule has 1 aliphatic heterocycles. The van der Waals surface area contributed by atoms with Crippen LogP contribution in [0.5, 0.6) is 0 Å². The van der Waals surface area contributed by atoms with Crippen molar-refractivity contribution in [3.8, 4) is 0 Å². The molecule has 1 saturated heterocycles. The predicted octanol–water partition coefficient (Wildman–Crippen LogP) is 2.05. The molecule has 2 rings (SSSR count). The molecule has 9 heteroatoms. The summed E-state index contributed by atoms with van der Waals surface area (Å²) in [5, 5.41) is 7.94. The third-order valence-electron chi connectivity index (χ3n) is 3.76. The van der Waals surface area contributed by atoms with Gasteiger partial charge in [0, 0.05) is 18.5 Å². The van der Waals surface area contributed by atoms with Gasteiger partial charge in [0.05, 0.1) is 10.8 Å². The SMILES string of the molecule is Cl.NS(=O)(=O)CC[C@H]1[C@H](F)CN[C@H]1Cc1cccc(Cl)c1F. The highest BCUT2D eigenvalue weighted by Crippen LogP contribution is 2.28. The monoisotopic (exact) mass is 374 g/mol. The second kappa shape index (κ2) is 7.88. The van der Waals surface area contributed by atoms with Crippen molar-refractivity contribution in [2.75, 3.05) is 12.3 Å². The molecule has 0 saturated carbocycles. The van der Waals surface area contributed by atoms with Crippen molar-refractivity contribution in [3.05, 3.63) is 34.6 Å². The number of rotatable bonds is 5. The molecule has 1 aliphatic rings. The summed E-state index contributed by atoms with van der Waals surface area (Å²) in [6.45, 7) is 0.127. The number of alkyl halides is 1. The van der Waals surface area contributed by atoms with Gasteiger partial charge in [-0.15, -0.1) is 12.4 Å². The van der Waals surface area contributed by atoms with Crippen LogP contribution in [0.25, 0.3) is 0 Å². The van der Waals surface area contributed by atoms with Gasteiger partial charge in [0.15, 0.2) is 0 Å². The zero-order chi connectivity index (χ0) is 15.6. The van der Waals surface area contributed by atoms with Crippen LogP contribution in [0.2, 0.25) is 5.02 Å². The lowest BCUT2D eigenvalue weighted by molar-refractivity contribution is 0.255. The molecule has 3 N–H and O–H groups in total. The van der Waals surface area contributed by atoms with Gasteiger partial charge in [0.2, 0.25) is 10.0 Å². The Kier molecular flexibility index (Phi) is 7.01. The average Bonchev–Trinajstić information content (AvgIpc) is 2.72. The smallest absolute Gasteiger partial charge is 0.209 e. The standard InChI is InChI=1S/C13H17ClF2N2O2S.ClH/c14-10-3-1-2-8(13(10)16)6-12-9(11(15)7-18-12)4-5-21(17,19)20;/h1-3,9,11-12,18H,4-7H2,(H2,17,19,20);1H/t9-,11+,12-;/m0./s1. The van der Waals surface area contributed by atoms with E-state index in [1.54, 1.807) is 12.1 Å². The summed E-state index contributed by atoms with van der Waals surface area (Å²) in [6.07, 6.45) is -0.805. The Balaban J connectivity index is 0.00000242. The summed E-state index contributed by atoms with van der Waals surface area (Å²) < 4.78 is 49.8. The normalized spacial score (nSPS) is 25.0. The maximum Gasteiger partial charge on any atom is 0.209 e. The van der Waals surface area contributed by atoms with E-state index in [0.29, 0.717) is 5.56 Å². The molecule has 4 nitrogen and oxygen atoms in total. The molecule has 0 bridgehead atoms. The molecule has 0 spiro atoms. The minimum Gasteiger partial charge on any atom is -0.310 e. The number of hydrogen-bond acceptors (Lipinski definition) is 3. The van der Waals surface area contributed by atoms with Gasteiger partial charge in [0.25, 0.3) is 0 Å². The molecule has 0 aliphatic carbocycles. The summed E-state index contributed by atoms with van der Waals surface area (Å²) in [5.74, 6) is -1.32. The molecule has 1 heterocycles. The lowest BCUT2D eigenvalue weighted by atomic mass is 9.91. The van der Waals surface area contributed by atoms with Crippen molar-refractivity contribution >= 4 is 34.0 Å². The Morgan fingerprint density at radius 2 is 2.09 bits per heavy atom. The van der Waals surface area contributed by atoms with Crippen molar-refractivity contribution in [3.63, 3.8) is 0 Å². The highest BCUT2D eigenvalue weighted by Gasteiger charge is 2.36. The molecule has 126 valence electrons. The number of hydrogen-bond donors (Lipinski definition) is 2. The fraction of sp³-hybridized carbons (Fsp3) is 0.538. The van der Waals surface area contributed by atoms with E-state index in [2.05, 4.69) is 5.32 Å². The van der Waals surface area contributed by atoms with Crippen molar-refractivity contribution in [1.29, 1.82) is 0 Å². The minimum atomic E-state index is -3.64. The van der Waals surface area contributed by atoms with Gasteiger partial charge in [-0.25, -0.2) is 22.3 Å². The van der Waals surface area contributed by atoms with E-state index in [-0.39, 0.29) is 48.6 Å². The highest BCUT2D eigenvalue weighted by molar-refractivity contribution is 7.89. The Labute approximate surface area is 139 Å². The van der Waals surface area contributed by atoms with Crippen LogP contribution in [0.15, 0.2) is 18.2 Å². The number of primary sulfonamides is 1. The highest BCUT2D eigenvalue weighted by atomic mass is 35.5. The van der Waals surface area contributed by atoms with Crippen molar-refractivity contribution in [1.82, 2.24) is 5.32 Å². The Morgan fingerprint density at radius 1 is 1.41 bits per heavy atom. The van der Waals surface area contributed by atoms with E-state index in [0.717, 1.165) is 0 Å². The molecule has 0 unspecified atom stereocenters. The Bertz CT molecular complexity index is 616. The van der Waals surface area contributed by atoms with Gasteiger partial charge < -0.3 is 5.32 Å². The van der Waals surface area contributed by atoms with Gasteiger partial charge in [-0.05, 0) is 24.5 Å². The molecular formula is C13H18Cl2F2N2O2S. The molecule has 22 heavy (non-hydrogen) atoms. The largest absolute Gasteiger partial charge is 0.310 e. The number of nitrogens with one attached hydrogen (secondary N) is 1. The summed E-state index contributed by atoms with van der Waals surface area (Å²) in [4.78, 5) is 0. The molecule has 1 fully saturated rings. The quantitative estimate of drug-likeness (QED) is 0.828. The van der Waals surface area contributed by atoms with Crippen LogP contribution in [-0.4, -0.2) is 32.9 Å². The van der Waals surface area contributed by atoms with Crippen LogP contribution in [0.1, 0.15) is 12.0 Å². The summed E-state index contributed by atoms with van der Waals surface area (Å²) >= 11 is 5.72. The number of sulfonamides is 1. The fourth-order valence-electron chi connectivity index (χ4n) is 2.67. The van der Waals surface area contributed by atoms with Gasteiger partial charge in [0.1, 0.15) is 12.0 Å². The van der Waals surface area contributed by atoms with Crippen LogP contribution < -0.4 is 10.5 Å². The van der Waals surface area contributed by atoms with E-state index < -0.39 is 27.9 Å². The van der Waals surface area contributed by atoms with Crippen LogP contribution in [0.3, 0.4) is 0 Å². The number of halogens is 4. The first kappa shape index (κ1) is 19.6. The van der Waals surface area contributed by atoms with E-state index in [4.69, 9.17) is 16.7 Å². The first-order valence-corrected chi connectivity index (χ1v) is 8.68. The maximum atomic E-state index is 13.9. The van der Waals surface area contributed by atoms with Gasteiger partial charge in [-0.3, -0.25) is 0 Å². The van der Waals surface area contributed by atoms with Crippen molar-refractivity contribution in [2.24, 2.45) is 11.1 Å². The first-order chi connectivity index (χ1) is 9.78. The van der Waals surface area contributed by atoms with Crippen LogP contribution in [0, 0.1) is 11.7 Å². The van der Waals surface area contributed by atoms with Crippen molar-refractivity contribution in [2.45, 2.75) is 25.1 Å². The molecule has 0 amide bonds. The van der Waals surface area contributed by atoms with E-state index >= 15 is 0 Å². The molecule has 0 radical (unpaired) electrons. The lowest BCUT2D eigenvalue weighted by Gasteiger charge is -2.20. The third-order valence-corrected chi connectivity index (χ3v) is 4.86. The third kappa shape index (κ3) is 5.03. The zero-order valence-corrected chi connectivity index (χ0v) is 14.0. The van der Waals surface area contributed by atoms with E-state index in [1.165, 1.54) is 6.07 Å².